The number of ether oxygens (including phenoxy) is 1. The molecule has 2 aromatic rings. The first kappa shape index (κ1) is 24.3. The summed E-state index contributed by atoms with van der Waals surface area (Å²) in [6, 6.07) is 15.8. The van der Waals surface area contributed by atoms with Crippen LogP contribution in [0.5, 0.6) is 0 Å². The highest BCUT2D eigenvalue weighted by Crippen LogP contribution is 2.44. The van der Waals surface area contributed by atoms with Gasteiger partial charge in [-0.3, -0.25) is 9.59 Å². The van der Waals surface area contributed by atoms with Crippen molar-refractivity contribution < 1.29 is 24.2 Å². The predicted molar refractivity (Wildman–Crippen MR) is 126 cm³/mol. The Morgan fingerprint density at radius 1 is 1.03 bits per heavy atom. The number of rotatable bonds is 10. The van der Waals surface area contributed by atoms with Gasteiger partial charge in [0, 0.05) is 18.5 Å². The minimum Gasteiger partial charge on any atom is -0.481 e. The molecule has 33 heavy (non-hydrogen) atoms. The van der Waals surface area contributed by atoms with E-state index in [1.54, 1.807) is 6.92 Å². The summed E-state index contributed by atoms with van der Waals surface area (Å²) in [5.41, 5.74) is 3.70. The van der Waals surface area contributed by atoms with E-state index < -0.39 is 23.5 Å². The van der Waals surface area contributed by atoms with Crippen LogP contribution < -0.4 is 10.6 Å². The quantitative estimate of drug-likeness (QED) is 0.498. The number of carbonyl (C=O) groups is 3. The Morgan fingerprint density at radius 2 is 1.61 bits per heavy atom. The Labute approximate surface area is 194 Å². The van der Waals surface area contributed by atoms with Crippen molar-refractivity contribution in [1.29, 1.82) is 0 Å². The molecule has 0 spiro atoms. The summed E-state index contributed by atoms with van der Waals surface area (Å²) in [5, 5.41) is 14.5. The van der Waals surface area contributed by atoms with Gasteiger partial charge in [0.1, 0.15) is 6.61 Å². The number of carboxylic acids is 1. The van der Waals surface area contributed by atoms with E-state index in [-0.39, 0.29) is 31.4 Å². The van der Waals surface area contributed by atoms with Gasteiger partial charge >= 0.3 is 12.1 Å². The number of carbonyl (C=O) groups excluding carboxylic acids is 2. The van der Waals surface area contributed by atoms with Crippen molar-refractivity contribution in [3.63, 3.8) is 0 Å². The molecule has 1 aliphatic rings. The van der Waals surface area contributed by atoms with Crippen molar-refractivity contribution in [2.24, 2.45) is 5.41 Å². The monoisotopic (exact) mass is 452 g/mol. The smallest absolute Gasteiger partial charge is 0.407 e. The number of hydrogen-bond acceptors (Lipinski definition) is 4. The number of benzene rings is 2. The highest BCUT2D eigenvalue weighted by Gasteiger charge is 2.34. The minimum atomic E-state index is -0.961. The van der Waals surface area contributed by atoms with Crippen LogP contribution in [0.25, 0.3) is 11.1 Å². The van der Waals surface area contributed by atoms with Gasteiger partial charge in [-0.2, -0.15) is 0 Å². The molecule has 0 aliphatic heterocycles. The third-order valence-corrected chi connectivity index (χ3v) is 6.54. The molecule has 3 rings (SSSR count). The summed E-state index contributed by atoms with van der Waals surface area (Å²) >= 11 is 0. The van der Waals surface area contributed by atoms with Gasteiger partial charge < -0.3 is 20.5 Å². The summed E-state index contributed by atoms with van der Waals surface area (Å²) < 4.78 is 5.55. The van der Waals surface area contributed by atoms with Crippen LogP contribution in [0, 0.1) is 5.41 Å². The molecule has 7 heteroatoms. The Bertz CT molecular complexity index is 976. The zero-order valence-corrected chi connectivity index (χ0v) is 19.4. The van der Waals surface area contributed by atoms with Crippen molar-refractivity contribution in [2.45, 2.75) is 52.0 Å². The Morgan fingerprint density at radius 3 is 2.12 bits per heavy atom. The molecule has 0 saturated carbocycles. The minimum absolute atomic E-state index is 0.0367. The van der Waals surface area contributed by atoms with Crippen LogP contribution in [-0.2, 0) is 14.3 Å². The molecule has 2 atom stereocenters. The fraction of sp³-hybridized carbons (Fsp3) is 0.423. The maximum absolute atomic E-state index is 12.8. The van der Waals surface area contributed by atoms with Crippen LogP contribution >= 0.6 is 0 Å². The average molecular weight is 453 g/mol. The van der Waals surface area contributed by atoms with Crippen molar-refractivity contribution in [3.05, 3.63) is 59.7 Å². The predicted octanol–water partition coefficient (Wildman–Crippen LogP) is 4.31. The Kier molecular flexibility index (Phi) is 7.74. The second kappa shape index (κ2) is 10.5. The SMILES string of the molecule is CC[C@@H](CC(=O)O)NC(=O)C(C)(CC)CNC(=O)OCC1c2ccccc2-c2ccccc21. The van der Waals surface area contributed by atoms with Crippen molar-refractivity contribution in [3.8, 4) is 11.1 Å². The summed E-state index contributed by atoms with van der Waals surface area (Å²) in [4.78, 5) is 36.3. The first-order valence-corrected chi connectivity index (χ1v) is 11.4. The standard InChI is InChI=1S/C26H32N2O5/c1-4-17(14-23(29)30)28-24(31)26(3,5-2)16-27-25(32)33-15-22-20-12-8-6-10-18(20)19-11-7-9-13-21(19)22/h6-13,17,22H,4-5,14-16H2,1-3H3,(H,27,32)(H,28,31)(H,29,30)/t17-,26?/m0/s1. The molecule has 7 nitrogen and oxygen atoms in total. The molecule has 1 aliphatic carbocycles. The lowest BCUT2D eigenvalue weighted by molar-refractivity contribution is -0.138. The van der Waals surface area contributed by atoms with E-state index in [1.165, 1.54) is 0 Å². The molecule has 0 fully saturated rings. The maximum Gasteiger partial charge on any atom is 0.407 e. The number of carboxylic acid groups (broad SMARTS) is 1. The molecule has 0 aromatic heterocycles. The third-order valence-electron chi connectivity index (χ3n) is 6.54. The van der Waals surface area contributed by atoms with Crippen molar-refractivity contribution in [1.82, 2.24) is 10.6 Å². The number of aliphatic carboxylic acids is 1. The molecule has 2 aromatic carbocycles. The highest BCUT2D eigenvalue weighted by atomic mass is 16.5. The van der Waals surface area contributed by atoms with E-state index in [1.807, 2.05) is 38.1 Å². The molecule has 0 radical (unpaired) electrons. The largest absolute Gasteiger partial charge is 0.481 e. The lowest BCUT2D eigenvalue weighted by atomic mass is 9.86. The van der Waals surface area contributed by atoms with Crippen LogP contribution in [0.3, 0.4) is 0 Å². The average Bonchev–Trinajstić information content (AvgIpc) is 3.14. The molecular formula is C26H32N2O5. The fourth-order valence-electron chi connectivity index (χ4n) is 4.15. The molecular weight excluding hydrogens is 420 g/mol. The van der Waals surface area contributed by atoms with Gasteiger partial charge in [-0.15, -0.1) is 0 Å². The fourth-order valence-corrected chi connectivity index (χ4v) is 4.15. The van der Waals surface area contributed by atoms with E-state index in [0.29, 0.717) is 12.8 Å². The zero-order chi connectivity index (χ0) is 24.0. The molecule has 0 heterocycles. The molecule has 0 bridgehead atoms. The number of hydrogen-bond donors (Lipinski definition) is 3. The van der Waals surface area contributed by atoms with Crippen molar-refractivity contribution in [2.75, 3.05) is 13.2 Å². The van der Waals surface area contributed by atoms with E-state index in [0.717, 1.165) is 22.3 Å². The van der Waals surface area contributed by atoms with Gasteiger partial charge in [-0.25, -0.2) is 4.79 Å². The normalized spacial score (nSPS) is 15.0. The van der Waals surface area contributed by atoms with Gasteiger partial charge in [-0.1, -0.05) is 62.4 Å². The molecule has 2 amide bonds. The van der Waals surface area contributed by atoms with Crippen molar-refractivity contribution >= 4 is 18.0 Å². The number of amides is 2. The van der Waals surface area contributed by atoms with Crippen LogP contribution in [0.4, 0.5) is 4.79 Å². The molecule has 176 valence electrons. The van der Waals surface area contributed by atoms with Crippen LogP contribution in [0.15, 0.2) is 48.5 Å². The maximum atomic E-state index is 12.8. The number of fused-ring (bicyclic) bond motifs is 3. The van der Waals surface area contributed by atoms with E-state index in [2.05, 4.69) is 34.9 Å². The lowest BCUT2D eigenvalue weighted by Crippen LogP contribution is -2.49. The first-order chi connectivity index (χ1) is 15.8. The van der Waals surface area contributed by atoms with Gasteiger partial charge in [0.25, 0.3) is 0 Å². The second-order valence-corrected chi connectivity index (χ2v) is 8.77. The Hall–Kier alpha value is -3.35. The molecule has 0 saturated heterocycles. The first-order valence-electron chi connectivity index (χ1n) is 11.4. The van der Waals surface area contributed by atoms with Crippen LogP contribution in [0.1, 0.15) is 57.1 Å². The van der Waals surface area contributed by atoms with Gasteiger partial charge in [0.05, 0.1) is 11.8 Å². The summed E-state index contributed by atoms with van der Waals surface area (Å²) in [6.45, 7) is 5.73. The van der Waals surface area contributed by atoms with Crippen LogP contribution in [0.2, 0.25) is 0 Å². The van der Waals surface area contributed by atoms with Crippen LogP contribution in [-0.4, -0.2) is 42.3 Å². The Balaban J connectivity index is 1.58. The van der Waals surface area contributed by atoms with Gasteiger partial charge in [0.15, 0.2) is 0 Å². The number of alkyl carbamates (subject to hydrolysis) is 1. The second-order valence-electron chi connectivity index (χ2n) is 8.77. The van der Waals surface area contributed by atoms with E-state index in [4.69, 9.17) is 9.84 Å². The van der Waals surface area contributed by atoms with Gasteiger partial charge in [-0.05, 0) is 42.0 Å². The lowest BCUT2D eigenvalue weighted by Gasteiger charge is -2.29. The molecule has 3 N–H and O–H groups in total. The topological polar surface area (TPSA) is 105 Å². The highest BCUT2D eigenvalue weighted by molar-refractivity contribution is 5.84. The summed E-state index contributed by atoms with van der Waals surface area (Å²) in [6.07, 6.45) is 0.271. The number of nitrogens with one attached hydrogen (secondary N) is 2. The summed E-state index contributed by atoms with van der Waals surface area (Å²) in [5.74, 6) is -1.28. The molecule has 1 unspecified atom stereocenters. The van der Waals surface area contributed by atoms with E-state index >= 15 is 0 Å². The van der Waals surface area contributed by atoms with E-state index in [9.17, 15) is 14.4 Å². The third kappa shape index (κ3) is 5.53. The van der Waals surface area contributed by atoms with Gasteiger partial charge in [0.2, 0.25) is 5.91 Å². The zero-order valence-electron chi connectivity index (χ0n) is 19.4. The summed E-state index contributed by atoms with van der Waals surface area (Å²) in [7, 11) is 0.